The predicted molar refractivity (Wildman–Crippen MR) is 66.6 cm³/mol. The minimum atomic E-state index is -4.48. The van der Waals surface area contributed by atoms with Crippen molar-refractivity contribution in [1.82, 2.24) is 0 Å². The molecule has 0 aliphatic rings. The maximum Gasteiger partial charge on any atom is 0.420 e. The highest BCUT2D eigenvalue weighted by Gasteiger charge is 2.36. The second-order valence-corrected chi connectivity index (χ2v) is 4.25. The van der Waals surface area contributed by atoms with E-state index in [4.69, 9.17) is 15.2 Å². The molecule has 0 spiro atoms. The van der Waals surface area contributed by atoms with E-state index in [1.54, 1.807) is 0 Å². The number of rotatable bonds is 5. The molecule has 1 aromatic rings. The standard InChI is InChI=1S/C13H18F3NO2/c1-8(6-7-17)9-4-5-10(13(14,15)16)12(19-3)11(9)18-2/h4-5,8H,6-7,17H2,1-3H3. The first kappa shape index (κ1) is 15.6. The summed E-state index contributed by atoms with van der Waals surface area (Å²) in [6, 6.07) is 2.44. The van der Waals surface area contributed by atoms with Gasteiger partial charge in [0.05, 0.1) is 14.2 Å². The van der Waals surface area contributed by atoms with Gasteiger partial charge in [0.15, 0.2) is 11.5 Å². The fourth-order valence-corrected chi connectivity index (χ4v) is 2.01. The molecule has 3 nitrogen and oxygen atoms in total. The average molecular weight is 277 g/mol. The maximum atomic E-state index is 12.9. The number of hydrogen-bond acceptors (Lipinski definition) is 3. The molecule has 0 fully saturated rings. The van der Waals surface area contributed by atoms with Crippen LogP contribution in [0.4, 0.5) is 13.2 Å². The number of ether oxygens (including phenoxy) is 2. The number of halogens is 3. The summed E-state index contributed by atoms with van der Waals surface area (Å²) < 4.78 is 48.6. The topological polar surface area (TPSA) is 44.5 Å². The third-order valence-corrected chi connectivity index (χ3v) is 2.99. The third kappa shape index (κ3) is 3.32. The first-order chi connectivity index (χ1) is 8.86. The molecule has 1 atom stereocenters. The van der Waals surface area contributed by atoms with Gasteiger partial charge in [0.25, 0.3) is 0 Å². The van der Waals surface area contributed by atoms with E-state index in [9.17, 15) is 13.2 Å². The third-order valence-electron chi connectivity index (χ3n) is 2.99. The molecule has 0 aliphatic carbocycles. The Labute approximate surface area is 110 Å². The fourth-order valence-electron chi connectivity index (χ4n) is 2.01. The van der Waals surface area contributed by atoms with Crippen LogP contribution in [0, 0.1) is 0 Å². The molecule has 6 heteroatoms. The van der Waals surface area contributed by atoms with Crippen LogP contribution >= 0.6 is 0 Å². The zero-order valence-corrected chi connectivity index (χ0v) is 11.2. The van der Waals surface area contributed by atoms with Crippen LogP contribution in [0.3, 0.4) is 0 Å². The summed E-state index contributed by atoms with van der Waals surface area (Å²) in [6.07, 6.45) is -3.82. The minimum Gasteiger partial charge on any atom is -0.493 e. The van der Waals surface area contributed by atoms with E-state index in [2.05, 4.69) is 0 Å². The first-order valence-electron chi connectivity index (χ1n) is 5.88. The molecule has 1 rings (SSSR count). The second kappa shape index (κ2) is 6.14. The molecule has 108 valence electrons. The molecule has 0 radical (unpaired) electrons. The Morgan fingerprint density at radius 1 is 1.16 bits per heavy atom. The van der Waals surface area contributed by atoms with Crippen LogP contribution < -0.4 is 15.2 Å². The highest BCUT2D eigenvalue weighted by atomic mass is 19.4. The summed E-state index contributed by atoms with van der Waals surface area (Å²) in [5.41, 5.74) is 5.30. The molecule has 0 saturated heterocycles. The van der Waals surface area contributed by atoms with E-state index >= 15 is 0 Å². The summed E-state index contributed by atoms with van der Waals surface area (Å²) in [7, 11) is 2.53. The highest BCUT2D eigenvalue weighted by molar-refractivity contribution is 5.54. The molecular weight excluding hydrogens is 259 g/mol. The summed E-state index contributed by atoms with van der Waals surface area (Å²) in [4.78, 5) is 0. The van der Waals surface area contributed by atoms with Crippen molar-refractivity contribution in [2.45, 2.75) is 25.4 Å². The quantitative estimate of drug-likeness (QED) is 0.899. The minimum absolute atomic E-state index is 0.00358. The van der Waals surface area contributed by atoms with Crippen LogP contribution in [0.15, 0.2) is 12.1 Å². The fraction of sp³-hybridized carbons (Fsp3) is 0.538. The van der Waals surface area contributed by atoms with Crippen molar-refractivity contribution >= 4 is 0 Å². The summed E-state index contributed by atoms with van der Waals surface area (Å²) in [5.74, 6) is -0.161. The van der Waals surface area contributed by atoms with Crippen LogP contribution in [0.25, 0.3) is 0 Å². The zero-order chi connectivity index (χ0) is 14.6. The molecule has 0 heterocycles. The zero-order valence-electron chi connectivity index (χ0n) is 11.2. The van der Waals surface area contributed by atoms with E-state index < -0.39 is 11.7 Å². The first-order valence-corrected chi connectivity index (χ1v) is 5.88. The highest BCUT2D eigenvalue weighted by Crippen LogP contribution is 2.45. The predicted octanol–water partition coefficient (Wildman–Crippen LogP) is 3.17. The number of alkyl halides is 3. The van der Waals surface area contributed by atoms with Crippen LogP contribution in [0.5, 0.6) is 11.5 Å². The van der Waals surface area contributed by atoms with Crippen LogP contribution in [-0.4, -0.2) is 20.8 Å². The van der Waals surface area contributed by atoms with Gasteiger partial charge in [0.2, 0.25) is 0 Å². The lowest BCUT2D eigenvalue weighted by atomic mass is 9.94. The van der Waals surface area contributed by atoms with E-state index in [0.29, 0.717) is 18.5 Å². The van der Waals surface area contributed by atoms with Crippen molar-refractivity contribution in [3.05, 3.63) is 23.3 Å². The van der Waals surface area contributed by atoms with Gasteiger partial charge in [-0.2, -0.15) is 13.2 Å². The smallest absolute Gasteiger partial charge is 0.420 e. The van der Waals surface area contributed by atoms with Gasteiger partial charge >= 0.3 is 6.18 Å². The Hall–Kier alpha value is -1.43. The van der Waals surface area contributed by atoms with Gasteiger partial charge in [0, 0.05) is 5.56 Å². The lowest BCUT2D eigenvalue weighted by molar-refractivity contribution is -0.138. The van der Waals surface area contributed by atoms with Gasteiger partial charge in [-0.25, -0.2) is 0 Å². The molecule has 0 amide bonds. The molecule has 1 aromatic carbocycles. The number of benzene rings is 1. The lowest BCUT2D eigenvalue weighted by Gasteiger charge is -2.20. The van der Waals surface area contributed by atoms with Gasteiger partial charge in [0.1, 0.15) is 5.56 Å². The molecule has 0 aliphatic heterocycles. The maximum absolute atomic E-state index is 12.9. The van der Waals surface area contributed by atoms with Gasteiger partial charge in [-0.3, -0.25) is 0 Å². The summed E-state index contributed by atoms with van der Waals surface area (Å²) in [5, 5.41) is 0. The number of methoxy groups -OCH3 is 2. The number of hydrogen-bond donors (Lipinski definition) is 1. The summed E-state index contributed by atoms with van der Waals surface area (Å²) >= 11 is 0. The number of nitrogens with two attached hydrogens (primary N) is 1. The van der Waals surface area contributed by atoms with Crippen molar-refractivity contribution in [2.24, 2.45) is 5.73 Å². The Balaban J connectivity index is 3.39. The summed E-state index contributed by atoms with van der Waals surface area (Å²) in [6.45, 7) is 2.34. The van der Waals surface area contributed by atoms with Crippen molar-refractivity contribution < 1.29 is 22.6 Å². The van der Waals surface area contributed by atoms with Crippen LogP contribution in [0.2, 0.25) is 0 Å². The average Bonchev–Trinajstić information content (AvgIpc) is 2.35. The van der Waals surface area contributed by atoms with E-state index in [0.717, 1.165) is 6.07 Å². The molecule has 0 saturated carbocycles. The Bertz CT molecular complexity index is 433. The second-order valence-electron chi connectivity index (χ2n) is 4.25. The van der Waals surface area contributed by atoms with Crippen molar-refractivity contribution in [3.63, 3.8) is 0 Å². The van der Waals surface area contributed by atoms with Gasteiger partial charge < -0.3 is 15.2 Å². The Morgan fingerprint density at radius 2 is 1.74 bits per heavy atom. The van der Waals surface area contributed by atoms with E-state index in [-0.39, 0.29) is 17.4 Å². The monoisotopic (exact) mass is 277 g/mol. The van der Waals surface area contributed by atoms with E-state index in [1.807, 2.05) is 6.92 Å². The Kier molecular flexibility index (Phi) is 5.05. The van der Waals surface area contributed by atoms with Crippen molar-refractivity contribution in [3.8, 4) is 11.5 Å². The van der Waals surface area contributed by atoms with Crippen LogP contribution in [0.1, 0.15) is 30.4 Å². The largest absolute Gasteiger partial charge is 0.493 e. The normalized spacial score (nSPS) is 13.2. The molecule has 1 unspecified atom stereocenters. The molecule has 19 heavy (non-hydrogen) atoms. The van der Waals surface area contributed by atoms with Crippen LogP contribution in [-0.2, 0) is 6.18 Å². The van der Waals surface area contributed by atoms with Gasteiger partial charge in [-0.1, -0.05) is 13.0 Å². The molecule has 2 N–H and O–H groups in total. The van der Waals surface area contributed by atoms with Gasteiger partial charge in [-0.15, -0.1) is 0 Å². The van der Waals surface area contributed by atoms with Crippen molar-refractivity contribution in [2.75, 3.05) is 20.8 Å². The SMILES string of the molecule is COc1c(C(C)CCN)ccc(C(F)(F)F)c1OC. The molecule has 0 aromatic heterocycles. The molecule has 0 bridgehead atoms. The Morgan fingerprint density at radius 3 is 2.16 bits per heavy atom. The molecular formula is C13H18F3NO2. The lowest BCUT2D eigenvalue weighted by Crippen LogP contribution is -2.11. The van der Waals surface area contributed by atoms with Crippen molar-refractivity contribution in [1.29, 1.82) is 0 Å². The van der Waals surface area contributed by atoms with E-state index in [1.165, 1.54) is 20.3 Å². The van der Waals surface area contributed by atoms with Gasteiger partial charge in [-0.05, 0) is 24.9 Å².